The number of hydrogen-bond donors (Lipinski definition) is 1. The Bertz CT molecular complexity index is 709. The lowest BCUT2D eigenvalue weighted by atomic mass is 10.2. The highest BCUT2D eigenvalue weighted by atomic mass is 32.2. The summed E-state index contributed by atoms with van der Waals surface area (Å²) in [6, 6.07) is 6.49. The molecule has 0 radical (unpaired) electrons. The summed E-state index contributed by atoms with van der Waals surface area (Å²) in [5.41, 5.74) is 0. The van der Waals surface area contributed by atoms with Gasteiger partial charge in [-0.05, 0) is 30.2 Å². The van der Waals surface area contributed by atoms with Gasteiger partial charge in [-0.3, -0.25) is 9.89 Å². The van der Waals surface area contributed by atoms with Crippen LogP contribution in [0.15, 0.2) is 34.2 Å². The van der Waals surface area contributed by atoms with Crippen molar-refractivity contribution in [2.24, 2.45) is 10.9 Å². The van der Waals surface area contributed by atoms with Crippen molar-refractivity contribution >= 4 is 15.8 Å². The zero-order valence-electron chi connectivity index (χ0n) is 16.8. The quantitative estimate of drug-likeness (QED) is 0.426. The molecule has 0 aromatic heterocycles. The Hall–Kier alpha value is -1.80. The van der Waals surface area contributed by atoms with Crippen LogP contribution in [0.3, 0.4) is 0 Å². The van der Waals surface area contributed by atoms with Crippen molar-refractivity contribution in [3.8, 4) is 5.75 Å². The summed E-state index contributed by atoms with van der Waals surface area (Å²) in [4.78, 5) is 9.44. The van der Waals surface area contributed by atoms with Crippen molar-refractivity contribution in [3.05, 3.63) is 24.3 Å². The highest BCUT2D eigenvalue weighted by Crippen LogP contribution is 2.15. The van der Waals surface area contributed by atoms with E-state index in [-0.39, 0.29) is 0 Å². The molecule has 0 spiro atoms. The number of piperazine rings is 1. The van der Waals surface area contributed by atoms with Gasteiger partial charge in [-0.2, -0.15) is 0 Å². The molecular weight excluding hydrogens is 364 g/mol. The van der Waals surface area contributed by atoms with Crippen LogP contribution in [0.4, 0.5) is 0 Å². The van der Waals surface area contributed by atoms with Gasteiger partial charge in [0.2, 0.25) is 0 Å². The minimum Gasteiger partial charge on any atom is -0.492 e. The maximum Gasteiger partial charge on any atom is 0.193 e. The lowest BCUT2D eigenvalue weighted by molar-refractivity contribution is 0.163. The van der Waals surface area contributed by atoms with Crippen molar-refractivity contribution in [2.45, 2.75) is 18.7 Å². The number of nitrogens with zero attached hydrogens (tertiary/aromatic N) is 3. The molecule has 152 valence electrons. The predicted octanol–water partition coefficient (Wildman–Crippen LogP) is 1.32. The van der Waals surface area contributed by atoms with Crippen LogP contribution in [0.2, 0.25) is 0 Å². The Labute approximate surface area is 163 Å². The van der Waals surface area contributed by atoms with Crippen molar-refractivity contribution in [1.82, 2.24) is 15.1 Å². The maximum atomic E-state index is 11.5. The average Bonchev–Trinajstić information content (AvgIpc) is 2.62. The van der Waals surface area contributed by atoms with Crippen LogP contribution in [0.25, 0.3) is 0 Å². The van der Waals surface area contributed by atoms with Gasteiger partial charge in [0.25, 0.3) is 0 Å². The summed E-state index contributed by atoms with van der Waals surface area (Å²) in [5, 5.41) is 3.34. The molecule has 1 saturated heterocycles. The third-order valence-corrected chi connectivity index (χ3v) is 5.54. The van der Waals surface area contributed by atoms with E-state index < -0.39 is 9.84 Å². The molecule has 0 aliphatic carbocycles. The first kappa shape index (κ1) is 21.5. The van der Waals surface area contributed by atoms with E-state index in [9.17, 15) is 8.42 Å². The average molecular weight is 397 g/mol. The van der Waals surface area contributed by atoms with Crippen LogP contribution >= 0.6 is 0 Å². The molecule has 27 heavy (non-hydrogen) atoms. The van der Waals surface area contributed by atoms with Crippen LogP contribution in [-0.4, -0.2) is 83.4 Å². The van der Waals surface area contributed by atoms with Gasteiger partial charge in [-0.25, -0.2) is 8.42 Å². The van der Waals surface area contributed by atoms with E-state index in [0.717, 1.165) is 38.7 Å². The molecule has 0 unspecified atom stereocenters. The second kappa shape index (κ2) is 9.94. The lowest BCUT2D eigenvalue weighted by Crippen LogP contribution is -2.53. The van der Waals surface area contributed by atoms with Gasteiger partial charge >= 0.3 is 0 Å². The smallest absolute Gasteiger partial charge is 0.193 e. The summed E-state index contributed by atoms with van der Waals surface area (Å²) in [5.74, 6) is 2.24. The maximum absolute atomic E-state index is 11.5. The topological polar surface area (TPSA) is 74.2 Å². The number of hydrogen-bond acceptors (Lipinski definition) is 5. The van der Waals surface area contributed by atoms with E-state index in [4.69, 9.17) is 4.74 Å². The predicted molar refractivity (Wildman–Crippen MR) is 109 cm³/mol. The molecule has 0 amide bonds. The van der Waals surface area contributed by atoms with Crippen LogP contribution in [0.1, 0.15) is 13.8 Å². The second-order valence-electron chi connectivity index (χ2n) is 7.25. The number of guanidine groups is 1. The first-order valence-corrected chi connectivity index (χ1v) is 11.3. The van der Waals surface area contributed by atoms with Gasteiger partial charge in [0.05, 0.1) is 11.4 Å². The van der Waals surface area contributed by atoms with Crippen LogP contribution in [0, 0.1) is 5.92 Å². The van der Waals surface area contributed by atoms with Crippen LogP contribution < -0.4 is 10.1 Å². The largest absolute Gasteiger partial charge is 0.492 e. The van der Waals surface area contributed by atoms with Gasteiger partial charge in [-0.1, -0.05) is 13.8 Å². The SMILES string of the molecule is CN=C(NCCOc1ccc(S(C)(=O)=O)cc1)N1CCN(CC(C)C)CC1. The van der Waals surface area contributed by atoms with Crippen molar-refractivity contribution in [3.63, 3.8) is 0 Å². The van der Waals surface area contributed by atoms with E-state index >= 15 is 0 Å². The Morgan fingerprint density at radius 2 is 1.81 bits per heavy atom. The van der Waals surface area contributed by atoms with Gasteiger partial charge in [0, 0.05) is 46.0 Å². The van der Waals surface area contributed by atoms with Gasteiger partial charge in [0.15, 0.2) is 15.8 Å². The molecule has 7 nitrogen and oxygen atoms in total. The van der Waals surface area contributed by atoms with Crippen molar-refractivity contribution in [2.75, 3.05) is 59.2 Å². The zero-order valence-corrected chi connectivity index (χ0v) is 17.6. The minimum atomic E-state index is -3.18. The highest BCUT2D eigenvalue weighted by molar-refractivity contribution is 7.90. The monoisotopic (exact) mass is 396 g/mol. The number of nitrogens with one attached hydrogen (secondary N) is 1. The molecule has 0 saturated carbocycles. The number of benzene rings is 1. The molecule has 1 fully saturated rings. The standard InChI is InChI=1S/C19H32N4O3S/c1-16(2)15-22-10-12-23(13-11-22)19(20-3)21-9-14-26-17-5-7-18(8-6-17)27(4,24)25/h5-8,16H,9-15H2,1-4H3,(H,20,21). The molecule has 2 rings (SSSR count). The van der Waals surface area contributed by atoms with E-state index in [1.807, 2.05) is 0 Å². The first-order valence-electron chi connectivity index (χ1n) is 9.40. The third-order valence-electron chi connectivity index (χ3n) is 4.41. The summed E-state index contributed by atoms with van der Waals surface area (Å²) in [6.45, 7) is 10.8. The Morgan fingerprint density at radius 1 is 1.19 bits per heavy atom. The highest BCUT2D eigenvalue weighted by Gasteiger charge is 2.19. The van der Waals surface area contributed by atoms with Crippen LogP contribution in [0.5, 0.6) is 5.75 Å². The van der Waals surface area contributed by atoms with Crippen molar-refractivity contribution < 1.29 is 13.2 Å². The molecule has 8 heteroatoms. The van der Waals surface area contributed by atoms with Gasteiger partial charge in [0.1, 0.15) is 12.4 Å². The molecular formula is C19H32N4O3S. The number of rotatable bonds is 7. The molecule has 1 aliphatic rings. The van der Waals surface area contributed by atoms with Crippen LogP contribution in [-0.2, 0) is 9.84 Å². The van der Waals surface area contributed by atoms with Gasteiger partial charge < -0.3 is 15.0 Å². The van der Waals surface area contributed by atoms with E-state index in [0.29, 0.717) is 29.7 Å². The molecule has 1 aromatic rings. The third kappa shape index (κ3) is 7.03. The summed E-state index contributed by atoms with van der Waals surface area (Å²) >= 11 is 0. The van der Waals surface area contributed by atoms with Gasteiger partial charge in [-0.15, -0.1) is 0 Å². The molecule has 0 bridgehead atoms. The Kier molecular flexibility index (Phi) is 7.91. The minimum absolute atomic E-state index is 0.296. The molecule has 1 N–H and O–H groups in total. The number of ether oxygens (including phenoxy) is 1. The number of sulfone groups is 1. The van der Waals surface area contributed by atoms with Crippen molar-refractivity contribution in [1.29, 1.82) is 0 Å². The zero-order chi connectivity index (χ0) is 19.9. The fourth-order valence-corrected chi connectivity index (χ4v) is 3.74. The van der Waals surface area contributed by atoms with E-state index in [1.165, 1.54) is 6.26 Å². The normalized spacial score (nSPS) is 16.6. The fourth-order valence-electron chi connectivity index (χ4n) is 3.11. The molecule has 1 aromatic carbocycles. The lowest BCUT2D eigenvalue weighted by Gasteiger charge is -2.37. The van der Waals surface area contributed by atoms with E-state index in [1.54, 1.807) is 31.3 Å². The molecule has 1 aliphatic heterocycles. The molecule has 1 heterocycles. The Balaban J connectivity index is 1.72. The second-order valence-corrected chi connectivity index (χ2v) is 9.26. The summed E-state index contributed by atoms with van der Waals surface area (Å²) < 4.78 is 28.6. The Morgan fingerprint density at radius 3 is 2.33 bits per heavy atom. The molecule has 0 atom stereocenters. The van der Waals surface area contributed by atoms with E-state index in [2.05, 4.69) is 34.0 Å². The first-order chi connectivity index (χ1) is 12.8. The summed E-state index contributed by atoms with van der Waals surface area (Å²) in [7, 11) is -1.38. The number of aliphatic imine (C=N–C) groups is 1. The fraction of sp³-hybridized carbons (Fsp3) is 0.632. The summed E-state index contributed by atoms with van der Waals surface area (Å²) in [6.07, 6.45) is 1.20.